The van der Waals surface area contributed by atoms with Crippen LogP contribution in [0.3, 0.4) is 0 Å². The Morgan fingerprint density at radius 3 is 2.74 bits per heavy atom. The molecule has 0 fully saturated rings. The zero-order valence-corrected chi connectivity index (χ0v) is 11.8. The number of non-ortho nitro benzene ring substituents is 1. The van der Waals surface area contributed by atoms with Crippen molar-refractivity contribution in [3.05, 3.63) is 39.9 Å². The Kier molecular flexibility index (Phi) is 6.45. The summed E-state index contributed by atoms with van der Waals surface area (Å²) in [7, 11) is 0. The van der Waals surface area contributed by atoms with Crippen molar-refractivity contribution in [3.63, 3.8) is 0 Å². The lowest BCUT2D eigenvalue weighted by Gasteiger charge is -2.18. The lowest BCUT2D eigenvalue weighted by molar-refractivity contribution is -0.384. The normalized spacial score (nSPS) is 12.6. The second-order valence-electron chi connectivity index (χ2n) is 4.69. The number of hydrogen-bond donors (Lipinski definition) is 1. The molecule has 1 atom stereocenters. The molecule has 1 aromatic rings. The highest BCUT2D eigenvalue weighted by Crippen LogP contribution is 2.21. The van der Waals surface area contributed by atoms with Crippen molar-refractivity contribution in [3.8, 4) is 0 Å². The van der Waals surface area contributed by atoms with Gasteiger partial charge in [-0.3, -0.25) is 10.1 Å². The van der Waals surface area contributed by atoms with Crippen LogP contribution in [0.4, 0.5) is 5.69 Å². The maximum atomic E-state index is 10.8. The molecule has 0 radical (unpaired) electrons. The fourth-order valence-corrected chi connectivity index (χ4v) is 1.88. The first kappa shape index (κ1) is 15.6. The molecule has 0 saturated heterocycles. The molecule has 0 aliphatic rings. The number of nitro groups is 1. The average Bonchev–Trinajstić information content (AvgIpc) is 2.38. The third kappa shape index (κ3) is 5.36. The summed E-state index contributed by atoms with van der Waals surface area (Å²) in [6.07, 6.45) is 1.10. The first-order chi connectivity index (χ1) is 9.04. The van der Waals surface area contributed by atoms with Crippen LogP contribution in [-0.4, -0.2) is 24.2 Å². The van der Waals surface area contributed by atoms with Gasteiger partial charge in [-0.05, 0) is 25.8 Å². The van der Waals surface area contributed by atoms with Gasteiger partial charge in [0, 0.05) is 24.7 Å². The minimum absolute atomic E-state index is 0.121. The summed E-state index contributed by atoms with van der Waals surface area (Å²) in [6, 6.07) is 6.90. The molecule has 0 amide bonds. The monoisotopic (exact) mass is 266 g/mol. The van der Waals surface area contributed by atoms with Crippen LogP contribution in [0.1, 0.15) is 38.8 Å². The lowest BCUT2D eigenvalue weighted by atomic mass is 10.0. The summed E-state index contributed by atoms with van der Waals surface area (Å²) in [4.78, 5) is 10.4. The van der Waals surface area contributed by atoms with Gasteiger partial charge in [0.2, 0.25) is 0 Å². The molecule has 5 heteroatoms. The first-order valence-corrected chi connectivity index (χ1v) is 6.64. The van der Waals surface area contributed by atoms with E-state index in [9.17, 15) is 10.1 Å². The average molecular weight is 266 g/mol. The number of nitrogens with one attached hydrogen (secondary N) is 1. The molecule has 1 N–H and O–H groups in total. The Morgan fingerprint density at radius 2 is 2.16 bits per heavy atom. The molecule has 0 bridgehead atoms. The van der Waals surface area contributed by atoms with E-state index in [0.29, 0.717) is 6.61 Å². The van der Waals surface area contributed by atoms with Gasteiger partial charge in [0.1, 0.15) is 0 Å². The van der Waals surface area contributed by atoms with E-state index >= 15 is 0 Å². The third-order valence-electron chi connectivity index (χ3n) is 2.84. The van der Waals surface area contributed by atoms with Crippen molar-refractivity contribution in [1.29, 1.82) is 0 Å². The van der Waals surface area contributed by atoms with Crippen LogP contribution in [0.5, 0.6) is 0 Å². The Balaban J connectivity index is 2.59. The van der Waals surface area contributed by atoms with E-state index in [4.69, 9.17) is 4.74 Å². The van der Waals surface area contributed by atoms with Crippen molar-refractivity contribution in [2.75, 3.05) is 13.2 Å². The van der Waals surface area contributed by atoms with Crippen molar-refractivity contribution in [1.82, 2.24) is 5.32 Å². The van der Waals surface area contributed by atoms with Gasteiger partial charge >= 0.3 is 0 Å². The molecule has 1 unspecified atom stereocenters. The van der Waals surface area contributed by atoms with Crippen molar-refractivity contribution in [2.45, 2.75) is 39.3 Å². The number of nitrogens with zero attached hydrogens (tertiary/aromatic N) is 1. The molecular weight excluding hydrogens is 244 g/mol. The predicted octanol–water partition coefficient (Wildman–Crippen LogP) is 3.06. The predicted molar refractivity (Wildman–Crippen MR) is 75.2 cm³/mol. The number of benzene rings is 1. The molecule has 19 heavy (non-hydrogen) atoms. The van der Waals surface area contributed by atoms with Gasteiger partial charge < -0.3 is 10.1 Å². The standard InChI is InChI=1S/C14H22N2O3/c1-4-14(15-8-9-19-11(2)3)12-6-5-7-13(10-12)16(17)18/h5-7,10-11,14-15H,4,8-9H2,1-3H3. The van der Waals surface area contributed by atoms with E-state index in [0.717, 1.165) is 18.5 Å². The van der Waals surface area contributed by atoms with Gasteiger partial charge in [0.25, 0.3) is 5.69 Å². The molecule has 0 saturated carbocycles. The Bertz CT molecular complexity index is 407. The van der Waals surface area contributed by atoms with E-state index in [-0.39, 0.29) is 22.8 Å². The minimum Gasteiger partial charge on any atom is -0.377 e. The smallest absolute Gasteiger partial charge is 0.269 e. The third-order valence-corrected chi connectivity index (χ3v) is 2.84. The summed E-state index contributed by atoms with van der Waals surface area (Å²) in [5.41, 5.74) is 1.08. The van der Waals surface area contributed by atoms with Crippen LogP contribution in [-0.2, 0) is 4.74 Å². The number of rotatable bonds is 8. The van der Waals surface area contributed by atoms with Crippen LogP contribution in [0.25, 0.3) is 0 Å². The van der Waals surface area contributed by atoms with Crippen molar-refractivity contribution >= 4 is 5.69 Å². The van der Waals surface area contributed by atoms with Crippen molar-refractivity contribution in [2.24, 2.45) is 0 Å². The molecule has 0 aliphatic carbocycles. The largest absolute Gasteiger partial charge is 0.377 e. The van der Waals surface area contributed by atoms with Gasteiger partial charge in [-0.1, -0.05) is 19.1 Å². The highest BCUT2D eigenvalue weighted by atomic mass is 16.6. The second-order valence-corrected chi connectivity index (χ2v) is 4.69. The molecule has 0 aromatic heterocycles. The van der Waals surface area contributed by atoms with Crippen LogP contribution in [0.2, 0.25) is 0 Å². The van der Waals surface area contributed by atoms with E-state index < -0.39 is 0 Å². The summed E-state index contributed by atoms with van der Waals surface area (Å²) in [5, 5.41) is 14.1. The Morgan fingerprint density at radius 1 is 1.42 bits per heavy atom. The summed E-state index contributed by atoms with van der Waals surface area (Å²) < 4.78 is 5.46. The fraction of sp³-hybridized carbons (Fsp3) is 0.571. The quantitative estimate of drug-likeness (QED) is 0.446. The van der Waals surface area contributed by atoms with Crippen LogP contribution in [0, 0.1) is 10.1 Å². The highest BCUT2D eigenvalue weighted by molar-refractivity contribution is 5.35. The Labute approximate surface area is 114 Å². The summed E-state index contributed by atoms with van der Waals surface area (Å²) in [6.45, 7) is 7.43. The number of ether oxygens (including phenoxy) is 1. The van der Waals surface area contributed by atoms with E-state index in [1.54, 1.807) is 12.1 Å². The number of nitro benzene ring substituents is 1. The first-order valence-electron chi connectivity index (χ1n) is 6.64. The topological polar surface area (TPSA) is 64.4 Å². The lowest BCUT2D eigenvalue weighted by Crippen LogP contribution is -2.26. The van der Waals surface area contributed by atoms with Crippen LogP contribution >= 0.6 is 0 Å². The van der Waals surface area contributed by atoms with Gasteiger partial charge in [-0.15, -0.1) is 0 Å². The van der Waals surface area contributed by atoms with Gasteiger partial charge in [-0.2, -0.15) is 0 Å². The minimum atomic E-state index is -0.363. The van der Waals surface area contributed by atoms with Gasteiger partial charge in [0.15, 0.2) is 0 Å². The molecule has 1 aromatic carbocycles. The summed E-state index contributed by atoms with van der Waals surface area (Å²) >= 11 is 0. The second kappa shape index (κ2) is 7.86. The zero-order chi connectivity index (χ0) is 14.3. The van der Waals surface area contributed by atoms with Crippen LogP contribution < -0.4 is 5.32 Å². The summed E-state index contributed by atoms with van der Waals surface area (Å²) in [5.74, 6) is 0. The van der Waals surface area contributed by atoms with Gasteiger partial charge in [-0.25, -0.2) is 0 Å². The maximum absolute atomic E-state index is 10.8. The maximum Gasteiger partial charge on any atom is 0.269 e. The van der Waals surface area contributed by atoms with Crippen LogP contribution in [0.15, 0.2) is 24.3 Å². The van der Waals surface area contributed by atoms with Gasteiger partial charge in [0.05, 0.1) is 17.6 Å². The molecule has 0 aliphatic heterocycles. The molecule has 0 spiro atoms. The molecular formula is C14H22N2O3. The zero-order valence-electron chi connectivity index (χ0n) is 11.8. The van der Waals surface area contributed by atoms with E-state index in [2.05, 4.69) is 12.2 Å². The highest BCUT2D eigenvalue weighted by Gasteiger charge is 2.12. The fourth-order valence-electron chi connectivity index (χ4n) is 1.88. The van der Waals surface area contributed by atoms with E-state index in [1.165, 1.54) is 6.07 Å². The van der Waals surface area contributed by atoms with E-state index in [1.807, 2.05) is 19.9 Å². The molecule has 1 rings (SSSR count). The molecule has 0 heterocycles. The SMILES string of the molecule is CCC(NCCOC(C)C)c1cccc([N+](=O)[O-])c1. The number of hydrogen-bond acceptors (Lipinski definition) is 4. The molecule has 5 nitrogen and oxygen atoms in total. The molecule has 106 valence electrons. The Hall–Kier alpha value is -1.46. The van der Waals surface area contributed by atoms with Crippen molar-refractivity contribution < 1.29 is 9.66 Å².